The lowest BCUT2D eigenvalue weighted by molar-refractivity contribution is 0.188. The Balaban J connectivity index is 2.28. The van der Waals surface area contributed by atoms with E-state index in [1.807, 2.05) is 0 Å². The van der Waals surface area contributed by atoms with Gasteiger partial charge in [-0.1, -0.05) is 13.3 Å². The van der Waals surface area contributed by atoms with Crippen LogP contribution in [0, 0.1) is 0 Å². The summed E-state index contributed by atoms with van der Waals surface area (Å²) < 4.78 is 5.15. The van der Waals surface area contributed by atoms with Crippen molar-refractivity contribution in [1.82, 2.24) is 5.32 Å². The molecule has 2 atom stereocenters. The van der Waals surface area contributed by atoms with E-state index in [2.05, 4.69) is 24.0 Å². The number of methoxy groups -OCH3 is 1. The Kier molecular flexibility index (Phi) is 8.34. The topological polar surface area (TPSA) is 21.3 Å². The summed E-state index contributed by atoms with van der Waals surface area (Å²) in [5.74, 6) is 1.36. The highest BCUT2D eigenvalue weighted by Crippen LogP contribution is 2.29. The Morgan fingerprint density at radius 3 is 2.94 bits per heavy atom. The fourth-order valence-electron chi connectivity index (χ4n) is 2.28. The Hall–Kier alpha value is 0.270. The summed E-state index contributed by atoms with van der Waals surface area (Å²) in [5.41, 5.74) is 0. The van der Waals surface area contributed by atoms with Crippen LogP contribution in [0.25, 0.3) is 0 Å². The van der Waals surface area contributed by atoms with Gasteiger partial charge in [-0.3, -0.25) is 0 Å². The molecule has 1 rings (SSSR count). The monoisotopic (exact) mass is 245 g/mol. The molecule has 1 aliphatic rings. The van der Waals surface area contributed by atoms with Gasteiger partial charge in [0.1, 0.15) is 0 Å². The highest BCUT2D eigenvalue weighted by molar-refractivity contribution is 8.00. The Labute approximate surface area is 105 Å². The SMILES string of the molecule is CCCNC(CCCOC)C1CCCCS1. The third kappa shape index (κ3) is 5.55. The second-order valence-electron chi connectivity index (χ2n) is 4.60. The first-order valence-electron chi connectivity index (χ1n) is 6.72. The smallest absolute Gasteiger partial charge is 0.0462 e. The molecule has 0 radical (unpaired) electrons. The minimum absolute atomic E-state index is 0.709. The van der Waals surface area contributed by atoms with E-state index in [0.29, 0.717) is 6.04 Å². The van der Waals surface area contributed by atoms with Crippen molar-refractivity contribution < 1.29 is 4.74 Å². The molecule has 0 saturated carbocycles. The van der Waals surface area contributed by atoms with Crippen molar-refractivity contribution in [2.24, 2.45) is 0 Å². The summed E-state index contributed by atoms with van der Waals surface area (Å²) in [6.45, 7) is 4.31. The standard InChI is InChI=1S/C13H27NOS/c1-3-9-14-12(7-6-10-15-2)13-8-4-5-11-16-13/h12-14H,3-11H2,1-2H3. The van der Waals surface area contributed by atoms with Crippen molar-refractivity contribution in [2.75, 3.05) is 26.0 Å². The maximum atomic E-state index is 5.15. The highest BCUT2D eigenvalue weighted by atomic mass is 32.2. The van der Waals surface area contributed by atoms with Crippen LogP contribution in [-0.4, -0.2) is 37.3 Å². The van der Waals surface area contributed by atoms with Gasteiger partial charge in [-0.05, 0) is 44.4 Å². The van der Waals surface area contributed by atoms with Gasteiger partial charge in [0.25, 0.3) is 0 Å². The lowest BCUT2D eigenvalue weighted by Crippen LogP contribution is -2.40. The molecule has 1 N–H and O–H groups in total. The van der Waals surface area contributed by atoms with Crippen LogP contribution in [0.4, 0.5) is 0 Å². The predicted molar refractivity (Wildman–Crippen MR) is 73.3 cm³/mol. The van der Waals surface area contributed by atoms with Gasteiger partial charge in [0.05, 0.1) is 0 Å². The number of hydrogen-bond acceptors (Lipinski definition) is 3. The van der Waals surface area contributed by atoms with Crippen molar-refractivity contribution in [2.45, 2.75) is 56.7 Å². The van der Waals surface area contributed by atoms with Crippen LogP contribution in [0.1, 0.15) is 45.4 Å². The minimum Gasteiger partial charge on any atom is -0.385 e. The maximum Gasteiger partial charge on any atom is 0.0462 e. The molecule has 1 aliphatic heterocycles. The molecule has 2 nitrogen and oxygen atoms in total. The quantitative estimate of drug-likeness (QED) is 0.664. The molecule has 96 valence electrons. The fourth-order valence-corrected chi connectivity index (χ4v) is 3.75. The first kappa shape index (κ1) is 14.3. The molecule has 0 spiro atoms. The van der Waals surface area contributed by atoms with Crippen molar-refractivity contribution >= 4 is 11.8 Å². The zero-order chi connectivity index (χ0) is 11.6. The van der Waals surface area contributed by atoms with Gasteiger partial charge < -0.3 is 10.1 Å². The Morgan fingerprint density at radius 1 is 1.44 bits per heavy atom. The third-order valence-electron chi connectivity index (χ3n) is 3.18. The molecule has 0 aliphatic carbocycles. The van der Waals surface area contributed by atoms with Crippen molar-refractivity contribution in [3.63, 3.8) is 0 Å². The van der Waals surface area contributed by atoms with Crippen LogP contribution in [0.3, 0.4) is 0 Å². The van der Waals surface area contributed by atoms with E-state index in [1.165, 1.54) is 44.3 Å². The van der Waals surface area contributed by atoms with Crippen molar-refractivity contribution in [3.05, 3.63) is 0 Å². The van der Waals surface area contributed by atoms with Gasteiger partial charge in [0.2, 0.25) is 0 Å². The molecule has 0 bridgehead atoms. The Morgan fingerprint density at radius 2 is 2.31 bits per heavy atom. The van der Waals surface area contributed by atoms with Crippen LogP contribution in [0.5, 0.6) is 0 Å². The molecule has 1 fully saturated rings. The molecular weight excluding hydrogens is 218 g/mol. The second-order valence-corrected chi connectivity index (χ2v) is 5.95. The van der Waals surface area contributed by atoms with Crippen LogP contribution < -0.4 is 5.32 Å². The van der Waals surface area contributed by atoms with Crippen LogP contribution in [-0.2, 0) is 4.74 Å². The lowest BCUT2D eigenvalue weighted by atomic mass is 10.0. The number of hydrogen-bond donors (Lipinski definition) is 1. The predicted octanol–water partition coefficient (Wildman–Crippen LogP) is 3.07. The first-order valence-corrected chi connectivity index (χ1v) is 7.77. The minimum atomic E-state index is 0.709. The van der Waals surface area contributed by atoms with Crippen LogP contribution >= 0.6 is 11.8 Å². The summed E-state index contributed by atoms with van der Waals surface area (Å²) in [5, 5.41) is 4.57. The molecule has 16 heavy (non-hydrogen) atoms. The summed E-state index contributed by atoms with van der Waals surface area (Å²) in [6, 6.07) is 0.709. The molecule has 1 saturated heterocycles. The molecule has 0 amide bonds. The molecule has 0 aromatic carbocycles. The molecule has 0 aromatic heterocycles. The van der Waals surface area contributed by atoms with Crippen LogP contribution in [0.2, 0.25) is 0 Å². The fraction of sp³-hybridized carbons (Fsp3) is 1.00. The molecular formula is C13H27NOS. The summed E-state index contributed by atoms with van der Waals surface area (Å²) in [4.78, 5) is 0. The molecule has 1 heterocycles. The van der Waals surface area contributed by atoms with E-state index < -0.39 is 0 Å². The highest BCUT2D eigenvalue weighted by Gasteiger charge is 2.23. The number of ether oxygens (including phenoxy) is 1. The molecule has 0 aromatic rings. The van der Waals surface area contributed by atoms with Gasteiger partial charge in [0.15, 0.2) is 0 Å². The maximum absolute atomic E-state index is 5.15. The van der Waals surface area contributed by atoms with E-state index in [0.717, 1.165) is 18.4 Å². The molecule has 2 unspecified atom stereocenters. The zero-order valence-corrected chi connectivity index (χ0v) is 11.7. The van der Waals surface area contributed by atoms with E-state index in [1.54, 1.807) is 7.11 Å². The average molecular weight is 245 g/mol. The summed E-state index contributed by atoms with van der Waals surface area (Å²) in [7, 11) is 1.80. The summed E-state index contributed by atoms with van der Waals surface area (Å²) in [6.07, 6.45) is 7.93. The lowest BCUT2D eigenvalue weighted by Gasteiger charge is -2.30. The summed E-state index contributed by atoms with van der Waals surface area (Å²) >= 11 is 2.18. The number of thioether (sulfide) groups is 1. The largest absolute Gasteiger partial charge is 0.385 e. The van der Waals surface area contributed by atoms with E-state index >= 15 is 0 Å². The first-order chi connectivity index (χ1) is 7.88. The van der Waals surface area contributed by atoms with E-state index in [4.69, 9.17) is 4.74 Å². The molecule has 3 heteroatoms. The van der Waals surface area contributed by atoms with E-state index in [9.17, 15) is 0 Å². The zero-order valence-electron chi connectivity index (χ0n) is 10.8. The van der Waals surface area contributed by atoms with Gasteiger partial charge in [-0.15, -0.1) is 0 Å². The normalized spacial score (nSPS) is 23.2. The third-order valence-corrected chi connectivity index (χ3v) is 4.70. The number of nitrogens with one attached hydrogen (secondary N) is 1. The Bertz CT molecular complexity index is 160. The van der Waals surface area contributed by atoms with Gasteiger partial charge in [0, 0.05) is 25.0 Å². The number of rotatable bonds is 8. The second kappa shape index (κ2) is 9.32. The van der Waals surface area contributed by atoms with Crippen LogP contribution in [0.15, 0.2) is 0 Å². The van der Waals surface area contributed by atoms with E-state index in [-0.39, 0.29) is 0 Å². The van der Waals surface area contributed by atoms with Crippen molar-refractivity contribution in [1.29, 1.82) is 0 Å². The van der Waals surface area contributed by atoms with Gasteiger partial charge in [-0.25, -0.2) is 0 Å². The van der Waals surface area contributed by atoms with Crippen molar-refractivity contribution in [3.8, 4) is 0 Å². The van der Waals surface area contributed by atoms with Gasteiger partial charge in [-0.2, -0.15) is 11.8 Å². The van der Waals surface area contributed by atoms with Gasteiger partial charge >= 0.3 is 0 Å². The average Bonchev–Trinajstić information content (AvgIpc) is 2.35.